The van der Waals surface area contributed by atoms with E-state index in [4.69, 9.17) is 0 Å². The molecule has 5 heteroatoms. The van der Waals surface area contributed by atoms with Crippen LogP contribution in [0.2, 0.25) is 0 Å². The molecule has 0 aliphatic carbocycles. The Morgan fingerprint density at radius 2 is 1.67 bits per heavy atom. The molecule has 3 rings (SSSR count). The third-order valence-corrected chi connectivity index (χ3v) is 5.57. The van der Waals surface area contributed by atoms with Gasteiger partial charge in [-0.05, 0) is 32.4 Å². The van der Waals surface area contributed by atoms with Gasteiger partial charge in [0.2, 0.25) is 0 Å². The number of carboxylic acids is 1. The predicted molar refractivity (Wildman–Crippen MR) is 102 cm³/mol. The lowest BCUT2D eigenvalue weighted by molar-refractivity contribution is -0.933. The van der Waals surface area contributed by atoms with E-state index in [0.29, 0.717) is 19.1 Å². The molecule has 1 amide bonds. The molecule has 0 radical (unpaired) electrons. The zero-order valence-corrected chi connectivity index (χ0v) is 16.1. The van der Waals surface area contributed by atoms with Crippen molar-refractivity contribution < 1.29 is 19.6 Å². The predicted octanol–water partition coefficient (Wildman–Crippen LogP) is 0.769. The van der Waals surface area contributed by atoms with E-state index in [1.165, 1.54) is 27.7 Å². The van der Waals surface area contributed by atoms with Crippen molar-refractivity contribution >= 4 is 11.9 Å². The molecule has 1 saturated heterocycles. The normalized spacial score (nSPS) is 16.2. The van der Waals surface area contributed by atoms with E-state index >= 15 is 0 Å². The summed E-state index contributed by atoms with van der Waals surface area (Å²) in [5.41, 5.74) is 4.08. The van der Waals surface area contributed by atoms with Gasteiger partial charge in [0.15, 0.2) is 0 Å². The average molecular weight is 366 g/mol. The van der Waals surface area contributed by atoms with Gasteiger partial charge in [-0.25, -0.2) is 0 Å². The molecular formula is C22H26N2O3. The van der Waals surface area contributed by atoms with Crippen LogP contribution in [0.1, 0.15) is 50.4 Å². The highest BCUT2D eigenvalue weighted by Crippen LogP contribution is 2.17. The van der Waals surface area contributed by atoms with Crippen LogP contribution in [-0.4, -0.2) is 43.0 Å². The lowest BCUT2D eigenvalue weighted by Crippen LogP contribution is -3.14. The molecule has 27 heavy (non-hydrogen) atoms. The Kier molecular flexibility index (Phi) is 5.61. The van der Waals surface area contributed by atoms with Gasteiger partial charge < -0.3 is 19.7 Å². The van der Waals surface area contributed by atoms with E-state index in [0.717, 1.165) is 13.1 Å². The minimum absolute atomic E-state index is 0.0408. The Bertz CT molecular complexity index is 854. The highest BCUT2D eigenvalue weighted by molar-refractivity contribution is 6.04. The molecule has 0 aromatic heterocycles. The first-order valence-corrected chi connectivity index (χ1v) is 9.40. The van der Waals surface area contributed by atoms with Crippen LogP contribution in [-0.2, 0) is 0 Å². The van der Waals surface area contributed by atoms with Crippen LogP contribution in [0, 0.1) is 13.8 Å². The van der Waals surface area contributed by atoms with Crippen LogP contribution in [0.25, 0.3) is 0 Å². The largest absolute Gasteiger partial charge is 0.545 e. The first-order chi connectivity index (χ1) is 12.9. The molecule has 1 heterocycles. The average Bonchev–Trinajstić information content (AvgIpc) is 2.67. The lowest BCUT2D eigenvalue weighted by Gasteiger charge is -2.36. The van der Waals surface area contributed by atoms with Crippen LogP contribution in [0.5, 0.6) is 0 Å². The number of quaternary nitrogens is 1. The minimum atomic E-state index is -1.31. The monoisotopic (exact) mass is 366 g/mol. The number of nitrogens with zero attached hydrogens (tertiary/aromatic N) is 1. The van der Waals surface area contributed by atoms with Gasteiger partial charge in [-0.2, -0.15) is 0 Å². The summed E-state index contributed by atoms with van der Waals surface area (Å²) in [7, 11) is 0. The van der Waals surface area contributed by atoms with Gasteiger partial charge in [0.05, 0.1) is 32.1 Å². The summed E-state index contributed by atoms with van der Waals surface area (Å²) < 4.78 is 0. The molecule has 5 nitrogen and oxygen atoms in total. The highest BCUT2D eigenvalue weighted by atomic mass is 16.4. The second kappa shape index (κ2) is 7.92. The molecule has 1 aliphatic heterocycles. The van der Waals surface area contributed by atoms with Crippen molar-refractivity contribution in [3.8, 4) is 0 Å². The molecule has 0 saturated carbocycles. The lowest BCUT2D eigenvalue weighted by atomic mass is 9.98. The standard InChI is InChI=1S/C22H26N2O3/c1-15-8-9-18(16(2)14-15)17(3)23-10-12-24(13-11-23)21(25)19-6-4-5-7-20(19)22(26)27/h4-9,14,17H,10-13H2,1-3H3,(H,26,27)/t17-/m0/s1. The van der Waals surface area contributed by atoms with Crippen LogP contribution >= 0.6 is 0 Å². The van der Waals surface area contributed by atoms with E-state index in [1.807, 2.05) is 0 Å². The number of amides is 1. The molecule has 2 aromatic carbocycles. The van der Waals surface area contributed by atoms with Crippen molar-refractivity contribution in [2.45, 2.75) is 26.8 Å². The molecule has 142 valence electrons. The summed E-state index contributed by atoms with van der Waals surface area (Å²) >= 11 is 0. The topological polar surface area (TPSA) is 64.9 Å². The van der Waals surface area contributed by atoms with Gasteiger partial charge in [-0.15, -0.1) is 0 Å². The van der Waals surface area contributed by atoms with Crippen molar-refractivity contribution in [2.24, 2.45) is 0 Å². The van der Waals surface area contributed by atoms with Gasteiger partial charge in [0, 0.05) is 16.7 Å². The second-order valence-electron chi connectivity index (χ2n) is 7.37. The van der Waals surface area contributed by atoms with Gasteiger partial charge in [0.25, 0.3) is 5.91 Å². The quantitative estimate of drug-likeness (QED) is 0.869. The summed E-state index contributed by atoms with van der Waals surface area (Å²) in [6.07, 6.45) is 0. The number of rotatable bonds is 4. The van der Waals surface area contributed by atoms with Crippen LogP contribution in [0.4, 0.5) is 0 Å². The van der Waals surface area contributed by atoms with Crippen molar-refractivity contribution in [3.05, 3.63) is 70.3 Å². The fraction of sp³-hybridized carbons (Fsp3) is 0.364. The summed E-state index contributed by atoms with van der Waals surface area (Å²) in [4.78, 5) is 27.3. The Morgan fingerprint density at radius 1 is 1.04 bits per heavy atom. The second-order valence-corrected chi connectivity index (χ2v) is 7.37. The summed E-state index contributed by atoms with van der Waals surface area (Å²) in [5.74, 6) is -1.54. The number of aryl methyl sites for hydroxylation is 2. The maximum absolute atomic E-state index is 12.8. The summed E-state index contributed by atoms with van der Waals surface area (Å²) in [6, 6.07) is 13.2. The van der Waals surface area contributed by atoms with Gasteiger partial charge >= 0.3 is 0 Å². The molecule has 0 bridgehead atoms. The van der Waals surface area contributed by atoms with E-state index in [9.17, 15) is 14.7 Å². The summed E-state index contributed by atoms with van der Waals surface area (Å²) in [5, 5.41) is 11.3. The number of hydrogen-bond acceptors (Lipinski definition) is 3. The zero-order chi connectivity index (χ0) is 19.6. The maximum atomic E-state index is 12.8. The van der Waals surface area contributed by atoms with E-state index in [1.54, 1.807) is 23.1 Å². The Morgan fingerprint density at radius 3 is 2.26 bits per heavy atom. The number of aromatic carboxylic acids is 1. The molecule has 1 atom stereocenters. The number of carbonyl (C=O) groups is 2. The van der Waals surface area contributed by atoms with Gasteiger partial charge in [-0.1, -0.05) is 42.0 Å². The summed E-state index contributed by atoms with van der Waals surface area (Å²) in [6.45, 7) is 9.39. The van der Waals surface area contributed by atoms with Crippen molar-refractivity contribution in [2.75, 3.05) is 26.2 Å². The van der Waals surface area contributed by atoms with E-state index in [-0.39, 0.29) is 17.0 Å². The number of hydrogen-bond donors (Lipinski definition) is 1. The van der Waals surface area contributed by atoms with Crippen LogP contribution in [0.3, 0.4) is 0 Å². The molecule has 2 aromatic rings. The molecule has 1 fully saturated rings. The molecular weight excluding hydrogens is 340 g/mol. The Labute approximate surface area is 160 Å². The minimum Gasteiger partial charge on any atom is -0.545 e. The molecule has 1 aliphatic rings. The number of benzene rings is 2. The molecule has 0 unspecified atom stereocenters. The zero-order valence-electron chi connectivity index (χ0n) is 16.1. The SMILES string of the molecule is Cc1ccc([C@H](C)[NH+]2CCN(C(=O)c3ccccc3C(=O)[O-])CC2)c(C)c1. The van der Waals surface area contributed by atoms with Crippen molar-refractivity contribution in [3.63, 3.8) is 0 Å². The highest BCUT2D eigenvalue weighted by Gasteiger charge is 2.29. The number of carboxylic acid groups (broad SMARTS) is 1. The first kappa shape index (κ1) is 19.1. The number of nitrogens with one attached hydrogen (secondary N) is 1. The van der Waals surface area contributed by atoms with E-state index < -0.39 is 5.97 Å². The number of carbonyl (C=O) groups excluding carboxylic acids is 2. The Hall–Kier alpha value is -2.66. The van der Waals surface area contributed by atoms with Gasteiger partial charge in [0.1, 0.15) is 6.04 Å². The van der Waals surface area contributed by atoms with Crippen molar-refractivity contribution in [1.82, 2.24) is 4.90 Å². The fourth-order valence-corrected chi connectivity index (χ4v) is 3.98. The maximum Gasteiger partial charge on any atom is 0.254 e. The molecule has 0 spiro atoms. The fourth-order valence-electron chi connectivity index (χ4n) is 3.98. The molecule has 1 N–H and O–H groups in total. The smallest absolute Gasteiger partial charge is 0.254 e. The number of piperazine rings is 1. The van der Waals surface area contributed by atoms with E-state index in [2.05, 4.69) is 39.0 Å². The third-order valence-electron chi connectivity index (χ3n) is 5.57. The van der Waals surface area contributed by atoms with Gasteiger partial charge in [-0.3, -0.25) is 4.79 Å². The van der Waals surface area contributed by atoms with Crippen LogP contribution < -0.4 is 10.0 Å². The van der Waals surface area contributed by atoms with Crippen molar-refractivity contribution in [1.29, 1.82) is 0 Å². The first-order valence-electron chi connectivity index (χ1n) is 9.40. The Balaban J connectivity index is 1.68. The third kappa shape index (κ3) is 4.03. The van der Waals surface area contributed by atoms with Crippen LogP contribution in [0.15, 0.2) is 42.5 Å².